The predicted octanol–water partition coefficient (Wildman–Crippen LogP) is 3.67. The molecule has 1 fully saturated rings. The summed E-state index contributed by atoms with van der Waals surface area (Å²) < 4.78 is 1.85. The third kappa shape index (κ3) is 9.70. The van der Waals surface area contributed by atoms with E-state index in [2.05, 4.69) is 51.7 Å². The van der Waals surface area contributed by atoms with Crippen LogP contribution in [0.25, 0.3) is 5.70 Å². The molecule has 3 heterocycles. The number of aryl methyl sites for hydroxylation is 1. The molecule has 2 aromatic rings. The highest BCUT2D eigenvalue weighted by Gasteiger charge is 2.63. The number of nitrogens with zero attached hydrogens (tertiary/aromatic N) is 6. The molecule has 1 saturated carbocycles. The number of hydrogen-bond acceptors (Lipinski definition) is 9. The first-order chi connectivity index (χ1) is 17.6. The van der Waals surface area contributed by atoms with E-state index in [-0.39, 0.29) is 11.8 Å². The summed E-state index contributed by atoms with van der Waals surface area (Å²) in [5.74, 6) is 0.734. The molecule has 1 aliphatic carbocycles. The zero-order valence-electron chi connectivity index (χ0n) is 24.3. The minimum Gasteiger partial charge on any atom is -0.400 e. The Labute approximate surface area is 222 Å². The zero-order chi connectivity index (χ0) is 28.8. The minimum atomic E-state index is -1.76. The van der Waals surface area contributed by atoms with Crippen LogP contribution < -0.4 is 5.73 Å². The van der Waals surface area contributed by atoms with Crippen LogP contribution in [0.4, 0.5) is 0 Å². The third-order valence-electron chi connectivity index (χ3n) is 5.33. The molecule has 5 N–H and O–H groups in total. The fraction of sp³-hybridized carbons (Fsp3) is 0.667. The van der Waals surface area contributed by atoms with Gasteiger partial charge in [-0.2, -0.15) is 0 Å². The Kier molecular flexibility index (Phi) is 15.9. The van der Waals surface area contributed by atoms with Crippen LogP contribution in [0.3, 0.4) is 0 Å². The first kappa shape index (κ1) is 34.5. The Morgan fingerprint density at radius 2 is 1.54 bits per heavy atom. The Morgan fingerprint density at radius 3 is 1.97 bits per heavy atom. The van der Waals surface area contributed by atoms with Crippen LogP contribution in [0.15, 0.2) is 23.5 Å². The maximum atomic E-state index is 10.3. The molecule has 4 rings (SSSR count). The molecule has 0 radical (unpaired) electrons. The first-order valence-electron chi connectivity index (χ1n) is 13.1. The highest BCUT2D eigenvalue weighted by molar-refractivity contribution is 5.74. The van der Waals surface area contributed by atoms with E-state index in [9.17, 15) is 10.2 Å². The Bertz CT molecular complexity index is 951. The molecule has 210 valence electrons. The summed E-state index contributed by atoms with van der Waals surface area (Å²) >= 11 is 0. The minimum absolute atomic E-state index is 0.0364. The number of nitrogens with two attached hydrogens (primary N) is 1. The van der Waals surface area contributed by atoms with Gasteiger partial charge in [-0.3, -0.25) is 4.99 Å². The highest BCUT2D eigenvalue weighted by atomic mass is 16.5. The van der Waals surface area contributed by atoms with E-state index in [1.54, 1.807) is 12.4 Å². The van der Waals surface area contributed by atoms with Gasteiger partial charge in [-0.05, 0) is 38.3 Å². The molecule has 0 spiro atoms. The van der Waals surface area contributed by atoms with Crippen molar-refractivity contribution in [1.82, 2.24) is 24.7 Å². The molecule has 0 amide bonds. The van der Waals surface area contributed by atoms with Gasteiger partial charge in [0, 0.05) is 44.0 Å². The molecule has 1 aliphatic heterocycles. The molecule has 0 aromatic carbocycles. The smallest absolute Gasteiger partial charge is 0.189 e. The van der Waals surface area contributed by atoms with Gasteiger partial charge in [0.05, 0.1) is 6.04 Å². The Hall–Kier alpha value is -2.53. The molecule has 37 heavy (non-hydrogen) atoms. The first-order valence-corrected chi connectivity index (χ1v) is 13.1. The fourth-order valence-electron chi connectivity index (χ4n) is 3.56. The lowest BCUT2D eigenvalue weighted by atomic mass is 10.1. The lowest BCUT2D eigenvalue weighted by Gasteiger charge is -2.16. The van der Waals surface area contributed by atoms with Crippen molar-refractivity contribution in [2.45, 2.75) is 92.4 Å². The predicted molar refractivity (Wildman–Crippen MR) is 150 cm³/mol. The van der Waals surface area contributed by atoms with Crippen LogP contribution >= 0.6 is 0 Å². The van der Waals surface area contributed by atoms with Gasteiger partial charge in [0.2, 0.25) is 0 Å². The number of hydrogen-bond donors (Lipinski definition) is 4. The van der Waals surface area contributed by atoms with Crippen molar-refractivity contribution in [1.29, 1.82) is 0 Å². The van der Waals surface area contributed by atoms with Crippen molar-refractivity contribution in [3.63, 3.8) is 0 Å². The maximum Gasteiger partial charge on any atom is 0.189 e. The molecule has 3 atom stereocenters. The number of aliphatic imine (C=N–C) groups is 1. The summed E-state index contributed by atoms with van der Waals surface area (Å²) in [5.41, 5.74) is 6.24. The average molecular weight is 520 g/mol. The second-order valence-corrected chi connectivity index (χ2v) is 9.26. The number of aromatic nitrogens is 5. The lowest BCUT2D eigenvalue weighted by molar-refractivity contribution is -0.0904. The molecule has 10 heteroatoms. The van der Waals surface area contributed by atoms with E-state index >= 15 is 0 Å². The monoisotopic (exact) mass is 519 g/mol. The molecule has 10 nitrogen and oxygen atoms in total. The molecule has 2 aliphatic rings. The Morgan fingerprint density at radius 1 is 1.03 bits per heavy atom. The number of rotatable bonds is 5. The molecular weight excluding hydrogens is 470 g/mol. The van der Waals surface area contributed by atoms with E-state index in [4.69, 9.17) is 5.11 Å². The largest absolute Gasteiger partial charge is 0.400 e. The molecular formula is C27H49N7O3. The number of allylic oxidation sites excluding steroid dienone is 1. The quantitative estimate of drug-likeness (QED) is 0.436. The summed E-state index contributed by atoms with van der Waals surface area (Å²) in [6.07, 6.45) is 9.84. The van der Waals surface area contributed by atoms with Crippen molar-refractivity contribution < 1.29 is 15.3 Å². The third-order valence-corrected chi connectivity index (χ3v) is 5.33. The van der Waals surface area contributed by atoms with Gasteiger partial charge < -0.3 is 25.6 Å². The van der Waals surface area contributed by atoms with Crippen LogP contribution in [0, 0.1) is 18.8 Å². The van der Waals surface area contributed by atoms with Gasteiger partial charge >= 0.3 is 0 Å². The van der Waals surface area contributed by atoms with Crippen LogP contribution in [0.2, 0.25) is 0 Å². The lowest BCUT2D eigenvalue weighted by Crippen LogP contribution is -2.18. The van der Waals surface area contributed by atoms with Gasteiger partial charge in [0.25, 0.3) is 0 Å². The second-order valence-electron chi connectivity index (χ2n) is 9.26. The summed E-state index contributed by atoms with van der Waals surface area (Å²) in [7, 11) is 2.50. The van der Waals surface area contributed by atoms with E-state index in [1.807, 2.05) is 51.5 Å². The molecule has 0 bridgehead atoms. The van der Waals surface area contributed by atoms with Crippen molar-refractivity contribution in [3.05, 3.63) is 41.5 Å². The van der Waals surface area contributed by atoms with E-state index in [0.29, 0.717) is 18.1 Å². The van der Waals surface area contributed by atoms with Crippen LogP contribution in [0.5, 0.6) is 0 Å². The van der Waals surface area contributed by atoms with Crippen molar-refractivity contribution >= 4 is 11.9 Å². The molecule has 2 aromatic heterocycles. The van der Waals surface area contributed by atoms with Crippen LogP contribution in [0.1, 0.15) is 96.3 Å². The van der Waals surface area contributed by atoms with Crippen molar-refractivity contribution in [2.24, 2.45) is 22.6 Å². The summed E-state index contributed by atoms with van der Waals surface area (Å²) in [6, 6.07) is -0.489. The van der Waals surface area contributed by atoms with Crippen LogP contribution in [-0.2, 0) is 6.42 Å². The standard InChI is InChI=1S/C19H24N6O2.C4H10.C2H6.CH5N.CH4O/c1-11-9-21-15(22-10-11)8-12(2)17-23-24-18(14-6-4-5-7-20-14)25(17)16-13(3)19(16,26)27;1-4(2)3;3*1-2/h6-7,9-10,12-13,16,26-27H,4-5,8H2,1-3H3;4H,1-3H3;1-2H3;2H2,1H3;2H,1H3. The van der Waals surface area contributed by atoms with Crippen molar-refractivity contribution in [3.8, 4) is 0 Å². The zero-order valence-corrected chi connectivity index (χ0v) is 24.3. The normalized spacial score (nSPS) is 19.4. The van der Waals surface area contributed by atoms with Crippen molar-refractivity contribution in [2.75, 3.05) is 14.2 Å². The Balaban J connectivity index is 0.00000114. The maximum absolute atomic E-state index is 10.3. The molecule has 3 unspecified atom stereocenters. The second kappa shape index (κ2) is 17.1. The van der Waals surface area contributed by atoms with Gasteiger partial charge in [0.1, 0.15) is 17.3 Å². The average Bonchev–Trinajstić information content (AvgIpc) is 3.20. The summed E-state index contributed by atoms with van der Waals surface area (Å²) in [5, 5.41) is 36.3. The number of aliphatic hydroxyl groups excluding tert-OH is 1. The molecule has 0 saturated heterocycles. The van der Waals surface area contributed by atoms with E-state index in [0.717, 1.165) is 43.0 Å². The summed E-state index contributed by atoms with van der Waals surface area (Å²) in [6.45, 7) is 16.3. The fourth-order valence-corrected chi connectivity index (χ4v) is 3.56. The van der Waals surface area contributed by atoms with Gasteiger partial charge in [0.15, 0.2) is 11.6 Å². The summed E-state index contributed by atoms with van der Waals surface area (Å²) in [4.78, 5) is 13.2. The number of aliphatic hydroxyl groups is 3. The van der Waals surface area contributed by atoms with E-state index in [1.165, 1.54) is 7.05 Å². The van der Waals surface area contributed by atoms with Gasteiger partial charge in [-0.15, -0.1) is 10.2 Å². The van der Waals surface area contributed by atoms with E-state index < -0.39 is 11.8 Å². The SMILES string of the molecule is CC.CC(C)C.CN.CO.Cc1cnc(CC(C)c2nnc(C3=CCCC=N3)n2C2C(C)C2(O)O)nc1. The van der Waals surface area contributed by atoms with Crippen LogP contribution in [-0.4, -0.2) is 66.2 Å². The topological polar surface area (TPSA) is 156 Å². The highest BCUT2D eigenvalue weighted by Crippen LogP contribution is 2.53. The van der Waals surface area contributed by atoms with Gasteiger partial charge in [-0.25, -0.2) is 9.97 Å². The van der Waals surface area contributed by atoms with Gasteiger partial charge in [-0.1, -0.05) is 54.5 Å².